The van der Waals surface area contributed by atoms with Crippen LogP contribution in [0.5, 0.6) is 0 Å². The fourth-order valence-corrected chi connectivity index (χ4v) is 1.21. The van der Waals surface area contributed by atoms with Crippen LogP contribution in [0.25, 0.3) is 0 Å². The van der Waals surface area contributed by atoms with Gasteiger partial charge >= 0.3 is 0 Å². The fourth-order valence-electron chi connectivity index (χ4n) is 1.21. The van der Waals surface area contributed by atoms with Gasteiger partial charge in [-0.25, -0.2) is 0 Å². The van der Waals surface area contributed by atoms with E-state index in [1.807, 2.05) is 0 Å². The summed E-state index contributed by atoms with van der Waals surface area (Å²) in [5.74, 6) is 0. The average molecular weight is 177 g/mol. The van der Waals surface area contributed by atoms with Crippen molar-refractivity contribution in [3.05, 3.63) is 0 Å². The summed E-state index contributed by atoms with van der Waals surface area (Å²) in [5, 5.41) is 18.7. The summed E-state index contributed by atoms with van der Waals surface area (Å²) < 4.78 is 5.05. The minimum atomic E-state index is -1.07. The highest BCUT2D eigenvalue weighted by atomic mass is 16.5. The van der Waals surface area contributed by atoms with Crippen LogP contribution in [0.1, 0.15) is 0 Å². The van der Waals surface area contributed by atoms with E-state index in [-0.39, 0.29) is 6.54 Å². The SMILES string of the molecule is NCC1O[C@@H](N)[C@@H](N)C(O)[C@H]1O. The van der Waals surface area contributed by atoms with Gasteiger partial charge in [-0.1, -0.05) is 0 Å². The van der Waals surface area contributed by atoms with E-state index in [0.29, 0.717) is 0 Å². The second-order valence-electron chi connectivity index (χ2n) is 2.93. The number of nitrogens with two attached hydrogens (primary N) is 3. The normalized spacial score (nSPS) is 49.2. The van der Waals surface area contributed by atoms with Gasteiger partial charge in [-0.15, -0.1) is 0 Å². The summed E-state index contributed by atoms with van der Waals surface area (Å²) in [6, 6.07) is -0.761. The van der Waals surface area contributed by atoms with Crippen LogP contribution in [0.15, 0.2) is 0 Å². The highest BCUT2D eigenvalue weighted by Crippen LogP contribution is 2.16. The largest absolute Gasteiger partial charge is 0.389 e. The first kappa shape index (κ1) is 9.85. The van der Waals surface area contributed by atoms with Crippen LogP contribution < -0.4 is 17.2 Å². The van der Waals surface area contributed by atoms with Gasteiger partial charge in [0.05, 0.1) is 6.04 Å². The predicted octanol–water partition coefficient (Wildman–Crippen LogP) is -3.32. The Morgan fingerprint density at radius 1 is 1.17 bits per heavy atom. The van der Waals surface area contributed by atoms with Crippen molar-refractivity contribution in [1.29, 1.82) is 0 Å². The van der Waals surface area contributed by atoms with Crippen LogP contribution in [-0.4, -0.2) is 47.3 Å². The van der Waals surface area contributed by atoms with Crippen molar-refractivity contribution < 1.29 is 14.9 Å². The number of hydrogen-bond acceptors (Lipinski definition) is 6. The lowest BCUT2D eigenvalue weighted by molar-refractivity contribution is -0.172. The number of hydrogen-bond donors (Lipinski definition) is 5. The van der Waals surface area contributed by atoms with Crippen LogP contribution in [0.4, 0.5) is 0 Å². The van der Waals surface area contributed by atoms with Crippen molar-refractivity contribution in [2.24, 2.45) is 17.2 Å². The van der Waals surface area contributed by atoms with Crippen LogP contribution in [0, 0.1) is 0 Å². The maximum atomic E-state index is 9.34. The summed E-state index contributed by atoms with van der Waals surface area (Å²) >= 11 is 0. The molecule has 2 unspecified atom stereocenters. The number of aliphatic hydroxyl groups excluding tert-OH is 2. The van der Waals surface area contributed by atoms with Gasteiger partial charge < -0.3 is 32.2 Å². The lowest BCUT2D eigenvalue weighted by Gasteiger charge is -2.39. The van der Waals surface area contributed by atoms with Gasteiger partial charge in [0, 0.05) is 6.54 Å². The van der Waals surface area contributed by atoms with Crippen molar-refractivity contribution in [2.45, 2.75) is 30.6 Å². The highest BCUT2D eigenvalue weighted by Gasteiger charge is 2.40. The van der Waals surface area contributed by atoms with Gasteiger partial charge in [0.15, 0.2) is 0 Å². The Kier molecular flexibility index (Phi) is 2.99. The molecule has 1 rings (SSSR count). The topological polar surface area (TPSA) is 128 Å². The van der Waals surface area contributed by atoms with Gasteiger partial charge in [-0.3, -0.25) is 0 Å². The summed E-state index contributed by atoms with van der Waals surface area (Å²) in [4.78, 5) is 0. The lowest BCUT2D eigenvalue weighted by Crippen LogP contribution is -2.65. The van der Waals surface area contributed by atoms with E-state index in [2.05, 4.69) is 0 Å². The quantitative estimate of drug-likeness (QED) is 0.285. The molecule has 0 aromatic rings. The zero-order valence-electron chi connectivity index (χ0n) is 6.63. The maximum Gasteiger partial charge on any atom is 0.124 e. The van der Waals surface area contributed by atoms with Crippen molar-refractivity contribution in [3.8, 4) is 0 Å². The van der Waals surface area contributed by atoms with Crippen molar-refractivity contribution in [2.75, 3.05) is 6.54 Å². The summed E-state index contributed by atoms with van der Waals surface area (Å²) in [6.07, 6.45) is -3.51. The summed E-state index contributed by atoms with van der Waals surface area (Å²) in [6.45, 7) is 0.110. The third-order valence-electron chi connectivity index (χ3n) is 2.07. The average Bonchev–Trinajstić information content (AvgIpc) is 2.08. The molecule has 0 aliphatic carbocycles. The van der Waals surface area contributed by atoms with Crippen LogP contribution in [-0.2, 0) is 4.74 Å². The number of rotatable bonds is 1. The van der Waals surface area contributed by atoms with Gasteiger partial charge in [0.1, 0.15) is 24.5 Å². The highest BCUT2D eigenvalue weighted by molar-refractivity contribution is 4.92. The Labute approximate surface area is 70.3 Å². The standard InChI is InChI=1S/C6H15N3O3/c7-1-2-4(10)5(11)3(8)6(9)12-2/h2-6,10-11H,1,7-9H2/t2?,3-,4-,5?,6+/m0/s1. The molecule has 72 valence electrons. The number of aliphatic hydroxyl groups is 2. The van der Waals surface area contributed by atoms with Crippen LogP contribution in [0.3, 0.4) is 0 Å². The molecule has 0 amide bonds. The van der Waals surface area contributed by atoms with Gasteiger partial charge in [0.2, 0.25) is 0 Å². The molecule has 0 aromatic carbocycles. The third-order valence-corrected chi connectivity index (χ3v) is 2.07. The first-order valence-corrected chi connectivity index (χ1v) is 3.80. The molecule has 5 atom stereocenters. The van der Waals surface area contributed by atoms with Crippen molar-refractivity contribution >= 4 is 0 Å². The van der Waals surface area contributed by atoms with Crippen molar-refractivity contribution in [1.82, 2.24) is 0 Å². The molecule has 0 aromatic heterocycles. The van der Waals surface area contributed by atoms with Gasteiger partial charge in [-0.2, -0.15) is 0 Å². The Morgan fingerprint density at radius 2 is 1.75 bits per heavy atom. The van der Waals surface area contributed by atoms with Gasteiger partial charge in [0.25, 0.3) is 0 Å². The zero-order chi connectivity index (χ0) is 9.30. The molecule has 8 N–H and O–H groups in total. The van der Waals surface area contributed by atoms with Gasteiger partial charge in [-0.05, 0) is 0 Å². The molecule has 0 saturated carbocycles. The smallest absolute Gasteiger partial charge is 0.124 e. The van der Waals surface area contributed by atoms with E-state index in [1.165, 1.54) is 0 Å². The van der Waals surface area contributed by atoms with E-state index in [9.17, 15) is 10.2 Å². The first-order chi connectivity index (χ1) is 5.57. The molecule has 0 bridgehead atoms. The molecule has 6 heteroatoms. The fraction of sp³-hybridized carbons (Fsp3) is 1.00. The minimum Gasteiger partial charge on any atom is -0.389 e. The van der Waals surface area contributed by atoms with Crippen LogP contribution >= 0.6 is 0 Å². The van der Waals surface area contributed by atoms with E-state index in [4.69, 9.17) is 21.9 Å². The molecular formula is C6H15N3O3. The third kappa shape index (κ3) is 1.58. The first-order valence-electron chi connectivity index (χ1n) is 3.80. The summed E-state index contributed by atoms with van der Waals surface area (Å²) in [5.41, 5.74) is 16.1. The van der Waals surface area contributed by atoms with E-state index < -0.39 is 30.6 Å². The molecule has 1 saturated heterocycles. The second kappa shape index (κ2) is 3.65. The Balaban J connectivity index is 2.63. The molecule has 1 aliphatic rings. The molecular weight excluding hydrogens is 162 g/mol. The maximum absolute atomic E-state index is 9.34. The Morgan fingerprint density at radius 3 is 2.25 bits per heavy atom. The molecule has 1 aliphatic heterocycles. The Hall–Kier alpha value is -0.240. The van der Waals surface area contributed by atoms with Crippen molar-refractivity contribution in [3.63, 3.8) is 0 Å². The second-order valence-corrected chi connectivity index (χ2v) is 2.93. The van der Waals surface area contributed by atoms with Crippen LogP contribution in [0.2, 0.25) is 0 Å². The monoisotopic (exact) mass is 177 g/mol. The predicted molar refractivity (Wildman–Crippen MR) is 41.9 cm³/mol. The van der Waals surface area contributed by atoms with E-state index >= 15 is 0 Å². The molecule has 0 radical (unpaired) electrons. The molecule has 1 fully saturated rings. The molecule has 12 heavy (non-hydrogen) atoms. The van der Waals surface area contributed by atoms with E-state index in [1.54, 1.807) is 0 Å². The Bertz CT molecular complexity index is 152. The minimum absolute atomic E-state index is 0.110. The zero-order valence-corrected chi connectivity index (χ0v) is 6.63. The summed E-state index contributed by atoms with van der Waals surface area (Å²) in [7, 11) is 0. The molecule has 0 spiro atoms. The number of ether oxygens (including phenoxy) is 1. The molecule has 1 heterocycles. The lowest BCUT2D eigenvalue weighted by atomic mass is 9.97. The molecule has 6 nitrogen and oxygen atoms in total. The van der Waals surface area contributed by atoms with E-state index in [0.717, 1.165) is 0 Å².